The molecule has 1 atom stereocenters. The lowest BCUT2D eigenvalue weighted by atomic mass is 10.2. The molecule has 0 fully saturated rings. The molecular formula is C13H21N3O2. The largest absolute Gasteiger partial charge is 0.393 e. The van der Waals surface area contributed by atoms with E-state index >= 15 is 0 Å². The number of amides is 1. The van der Waals surface area contributed by atoms with E-state index in [2.05, 4.69) is 10.3 Å². The number of pyridine rings is 1. The Labute approximate surface area is 108 Å². The van der Waals surface area contributed by atoms with Gasteiger partial charge in [0.1, 0.15) is 0 Å². The maximum Gasteiger partial charge on any atom is 0.255 e. The highest BCUT2D eigenvalue weighted by molar-refractivity contribution is 5.99. The number of carbonyl (C=O) groups excluding carboxylic acids is 1. The van der Waals surface area contributed by atoms with Crippen molar-refractivity contribution in [3.8, 4) is 0 Å². The van der Waals surface area contributed by atoms with Crippen LogP contribution < -0.4 is 5.32 Å². The molecule has 1 unspecified atom stereocenters. The number of nitrogens with zero attached hydrogens (tertiary/aromatic N) is 2. The molecule has 1 aromatic rings. The van der Waals surface area contributed by atoms with E-state index in [4.69, 9.17) is 0 Å². The van der Waals surface area contributed by atoms with Crippen molar-refractivity contribution in [2.75, 3.05) is 25.5 Å². The fraction of sp³-hybridized carbons (Fsp3) is 0.538. The van der Waals surface area contributed by atoms with Gasteiger partial charge in [-0.25, -0.2) is 0 Å². The van der Waals surface area contributed by atoms with Crippen LogP contribution >= 0.6 is 0 Å². The molecule has 0 saturated carbocycles. The Morgan fingerprint density at radius 3 is 2.94 bits per heavy atom. The molecule has 0 spiro atoms. The van der Waals surface area contributed by atoms with Gasteiger partial charge in [0, 0.05) is 26.3 Å². The maximum atomic E-state index is 12.2. The van der Waals surface area contributed by atoms with E-state index in [0.717, 1.165) is 12.2 Å². The van der Waals surface area contributed by atoms with Crippen molar-refractivity contribution >= 4 is 11.6 Å². The fourth-order valence-electron chi connectivity index (χ4n) is 1.60. The molecule has 1 amide bonds. The molecular weight excluding hydrogens is 230 g/mol. The fourth-order valence-corrected chi connectivity index (χ4v) is 1.60. The second kappa shape index (κ2) is 6.96. The van der Waals surface area contributed by atoms with Crippen molar-refractivity contribution in [3.63, 3.8) is 0 Å². The summed E-state index contributed by atoms with van der Waals surface area (Å²) in [7, 11) is 1.74. The number of nitrogens with one attached hydrogen (secondary N) is 1. The van der Waals surface area contributed by atoms with E-state index in [1.54, 1.807) is 37.3 Å². The van der Waals surface area contributed by atoms with Gasteiger partial charge in [0.15, 0.2) is 0 Å². The third-order valence-corrected chi connectivity index (χ3v) is 2.65. The van der Waals surface area contributed by atoms with Gasteiger partial charge in [-0.3, -0.25) is 9.78 Å². The van der Waals surface area contributed by atoms with Crippen LogP contribution in [0.5, 0.6) is 0 Å². The van der Waals surface area contributed by atoms with Crippen LogP contribution in [0.4, 0.5) is 5.69 Å². The zero-order valence-corrected chi connectivity index (χ0v) is 11.2. The topological polar surface area (TPSA) is 65.5 Å². The van der Waals surface area contributed by atoms with Crippen LogP contribution in [0.3, 0.4) is 0 Å². The summed E-state index contributed by atoms with van der Waals surface area (Å²) in [5.74, 6) is -0.0611. The molecule has 0 aliphatic heterocycles. The number of aliphatic hydroxyl groups excluding tert-OH is 1. The van der Waals surface area contributed by atoms with Gasteiger partial charge in [0.2, 0.25) is 0 Å². The summed E-state index contributed by atoms with van der Waals surface area (Å²) in [6.07, 6.45) is 3.44. The lowest BCUT2D eigenvalue weighted by molar-refractivity contribution is 0.0770. The highest BCUT2D eigenvalue weighted by atomic mass is 16.3. The summed E-state index contributed by atoms with van der Waals surface area (Å²) in [6.45, 7) is 4.96. The minimum absolute atomic E-state index is 0.0611. The Kier molecular flexibility index (Phi) is 5.58. The highest BCUT2D eigenvalue weighted by Gasteiger charge is 2.15. The molecule has 0 aliphatic carbocycles. The van der Waals surface area contributed by atoms with Crippen molar-refractivity contribution in [1.82, 2.24) is 9.88 Å². The summed E-state index contributed by atoms with van der Waals surface area (Å²) in [4.78, 5) is 17.8. The molecule has 1 heterocycles. The van der Waals surface area contributed by atoms with E-state index in [0.29, 0.717) is 18.5 Å². The summed E-state index contributed by atoms with van der Waals surface area (Å²) in [5, 5.41) is 12.3. The second-order valence-electron chi connectivity index (χ2n) is 4.32. The number of anilines is 1. The molecule has 0 bridgehead atoms. The van der Waals surface area contributed by atoms with Gasteiger partial charge in [-0.05, 0) is 26.3 Å². The van der Waals surface area contributed by atoms with Crippen LogP contribution in [0.25, 0.3) is 0 Å². The smallest absolute Gasteiger partial charge is 0.255 e. The molecule has 18 heavy (non-hydrogen) atoms. The van der Waals surface area contributed by atoms with Crippen LogP contribution in [-0.2, 0) is 0 Å². The van der Waals surface area contributed by atoms with E-state index < -0.39 is 6.10 Å². The van der Waals surface area contributed by atoms with E-state index in [1.807, 2.05) is 6.92 Å². The minimum atomic E-state index is -0.397. The number of aromatic nitrogens is 1. The average molecular weight is 251 g/mol. The monoisotopic (exact) mass is 251 g/mol. The van der Waals surface area contributed by atoms with Crippen LogP contribution in [0.1, 0.15) is 30.6 Å². The van der Waals surface area contributed by atoms with Crippen LogP contribution in [-0.4, -0.2) is 47.1 Å². The summed E-state index contributed by atoms with van der Waals surface area (Å²) < 4.78 is 0. The molecule has 5 nitrogen and oxygen atoms in total. The Morgan fingerprint density at radius 1 is 1.61 bits per heavy atom. The van der Waals surface area contributed by atoms with Gasteiger partial charge in [0.25, 0.3) is 5.91 Å². The number of hydrogen-bond donors (Lipinski definition) is 2. The Balaban J connectivity index is 2.76. The van der Waals surface area contributed by atoms with E-state index in [1.165, 1.54) is 0 Å². The number of rotatable bonds is 6. The summed E-state index contributed by atoms with van der Waals surface area (Å²) >= 11 is 0. The van der Waals surface area contributed by atoms with Gasteiger partial charge in [-0.15, -0.1) is 0 Å². The van der Waals surface area contributed by atoms with Crippen molar-refractivity contribution < 1.29 is 9.90 Å². The third-order valence-electron chi connectivity index (χ3n) is 2.65. The Bertz CT molecular complexity index is 394. The normalized spacial score (nSPS) is 12.0. The summed E-state index contributed by atoms with van der Waals surface area (Å²) in [6, 6.07) is 1.71. The summed E-state index contributed by atoms with van der Waals surface area (Å²) in [5.41, 5.74) is 1.36. The first-order valence-corrected chi connectivity index (χ1v) is 6.17. The molecule has 100 valence electrons. The quantitative estimate of drug-likeness (QED) is 0.801. The maximum absolute atomic E-state index is 12.2. The molecule has 0 radical (unpaired) electrons. The predicted molar refractivity (Wildman–Crippen MR) is 71.7 cm³/mol. The molecule has 2 N–H and O–H groups in total. The molecule has 0 saturated heterocycles. The molecule has 5 heteroatoms. The lowest BCUT2D eigenvalue weighted by Gasteiger charge is -2.19. The van der Waals surface area contributed by atoms with E-state index in [9.17, 15) is 9.90 Å². The van der Waals surface area contributed by atoms with Gasteiger partial charge in [0.05, 0.1) is 23.6 Å². The molecule has 0 aromatic carbocycles. The van der Waals surface area contributed by atoms with Crippen LogP contribution in [0.2, 0.25) is 0 Å². The molecule has 1 rings (SSSR count). The molecule has 1 aromatic heterocycles. The highest BCUT2D eigenvalue weighted by Crippen LogP contribution is 2.15. The lowest BCUT2D eigenvalue weighted by Crippen LogP contribution is -2.30. The van der Waals surface area contributed by atoms with Crippen LogP contribution in [0, 0.1) is 0 Å². The number of carbonyl (C=O) groups is 1. The van der Waals surface area contributed by atoms with Crippen molar-refractivity contribution in [2.24, 2.45) is 0 Å². The predicted octanol–water partition coefficient (Wildman–Crippen LogP) is 1.36. The Hall–Kier alpha value is -1.62. The van der Waals surface area contributed by atoms with Gasteiger partial charge < -0.3 is 15.3 Å². The van der Waals surface area contributed by atoms with Crippen molar-refractivity contribution in [2.45, 2.75) is 26.4 Å². The second-order valence-corrected chi connectivity index (χ2v) is 4.32. The first kappa shape index (κ1) is 14.4. The average Bonchev–Trinajstić information content (AvgIpc) is 2.36. The minimum Gasteiger partial charge on any atom is -0.393 e. The number of hydrogen-bond acceptors (Lipinski definition) is 4. The first-order chi connectivity index (χ1) is 8.56. The van der Waals surface area contributed by atoms with E-state index in [-0.39, 0.29) is 5.91 Å². The van der Waals surface area contributed by atoms with Crippen molar-refractivity contribution in [3.05, 3.63) is 24.0 Å². The number of aliphatic hydroxyl groups is 1. The molecule has 0 aliphatic rings. The van der Waals surface area contributed by atoms with Gasteiger partial charge in [-0.1, -0.05) is 0 Å². The third kappa shape index (κ3) is 4.00. The van der Waals surface area contributed by atoms with Crippen LogP contribution in [0.15, 0.2) is 18.5 Å². The van der Waals surface area contributed by atoms with Crippen molar-refractivity contribution in [1.29, 1.82) is 0 Å². The zero-order valence-electron chi connectivity index (χ0n) is 11.2. The SMILES string of the molecule is CCNc1cnccc1C(=O)N(C)CCC(C)O. The zero-order chi connectivity index (χ0) is 13.5. The first-order valence-electron chi connectivity index (χ1n) is 6.17. The standard InChI is InChI=1S/C13H21N3O2/c1-4-15-12-9-14-7-5-11(12)13(18)16(3)8-6-10(2)17/h5,7,9-10,15,17H,4,6,8H2,1-3H3. The van der Waals surface area contributed by atoms with Gasteiger partial charge >= 0.3 is 0 Å². The van der Waals surface area contributed by atoms with Gasteiger partial charge in [-0.2, -0.15) is 0 Å². The Morgan fingerprint density at radius 2 is 2.33 bits per heavy atom.